The van der Waals surface area contributed by atoms with Crippen molar-refractivity contribution >= 4 is 21.4 Å². The second kappa shape index (κ2) is 5.02. The number of hydrogen-bond acceptors (Lipinski definition) is 4. The topological polar surface area (TPSA) is 50.5 Å². The number of furan rings is 1. The van der Waals surface area contributed by atoms with Crippen molar-refractivity contribution in [3.8, 4) is 0 Å². The molecule has 2 aromatic heterocycles. The molecular weight excluding hydrogens is 294 g/mol. The summed E-state index contributed by atoms with van der Waals surface area (Å²) in [6, 6.07) is 7.21. The second-order valence-corrected chi connectivity index (χ2v) is 8.54. The minimum Gasteiger partial charge on any atom is -0.464 e. The number of thiophene rings is 1. The van der Waals surface area contributed by atoms with Gasteiger partial charge in [-0.15, -0.1) is 11.3 Å². The third kappa shape index (κ3) is 2.55. The average Bonchev–Trinajstić information content (AvgIpc) is 2.90. The minimum atomic E-state index is -3.41. The summed E-state index contributed by atoms with van der Waals surface area (Å²) >= 11 is 1.23. The lowest BCUT2D eigenvalue weighted by Gasteiger charge is -2.14. The van der Waals surface area contributed by atoms with Gasteiger partial charge in [-0.1, -0.05) is 13.0 Å². The highest BCUT2D eigenvalue weighted by Crippen LogP contribution is 2.47. The third-order valence-corrected chi connectivity index (χ3v) is 6.87. The molecule has 4 nitrogen and oxygen atoms in total. The fourth-order valence-electron chi connectivity index (χ4n) is 2.27. The monoisotopic (exact) mass is 311 g/mol. The molecule has 0 spiro atoms. The van der Waals surface area contributed by atoms with E-state index in [4.69, 9.17) is 4.42 Å². The predicted molar refractivity (Wildman–Crippen MR) is 78.2 cm³/mol. The predicted octanol–water partition coefficient (Wildman–Crippen LogP) is 3.29. The van der Waals surface area contributed by atoms with Gasteiger partial charge in [-0.25, -0.2) is 8.42 Å². The lowest BCUT2D eigenvalue weighted by molar-refractivity contribution is 0.390. The molecular formula is C14H17NO3S2. The number of nitrogens with zero attached hydrogens (tertiary/aromatic N) is 1. The Morgan fingerprint density at radius 1 is 1.40 bits per heavy atom. The van der Waals surface area contributed by atoms with Gasteiger partial charge in [-0.3, -0.25) is 0 Å². The van der Waals surface area contributed by atoms with Crippen LogP contribution in [0.4, 0.5) is 0 Å². The van der Waals surface area contributed by atoms with E-state index in [1.165, 1.54) is 15.6 Å². The maximum atomic E-state index is 12.3. The van der Waals surface area contributed by atoms with Gasteiger partial charge in [0.05, 0.1) is 6.54 Å². The van der Waals surface area contributed by atoms with E-state index >= 15 is 0 Å². The Hall–Kier alpha value is -1.11. The molecule has 2 atom stereocenters. The molecule has 0 aromatic carbocycles. The molecule has 108 valence electrons. The third-order valence-electron chi connectivity index (χ3n) is 3.70. The van der Waals surface area contributed by atoms with Crippen LogP contribution in [0.25, 0.3) is 0 Å². The quantitative estimate of drug-likeness (QED) is 0.851. The Balaban J connectivity index is 1.73. The molecule has 0 unspecified atom stereocenters. The first kappa shape index (κ1) is 13.9. The smallest absolute Gasteiger partial charge is 0.252 e. The Kier molecular flexibility index (Phi) is 3.48. The van der Waals surface area contributed by atoms with E-state index < -0.39 is 10.0 Å². The van der Waals surface area contributed by atoms with Crippen molar-refractivity contribution in [3.05, 3.63) is 41.2 Å². The summed E-state index contributed by atoms with van der Waals surface area (Å²) in [5.74, 6) is 2.88. The van der Waals surface area contributed by atoms with Crippen molar-refractivity contribution in [2.24, 2.45) is 5.92 Å². The molecule has 2 aromatic rings. The van der Waals surface area contributed by atoms with Crippen LogP contribution in [0.2, 0.25) is 0 Å². The summed E-state index contributed by atoms with van der Waals surface area (Å²) in [5.41, 5.74) is 0. The maximum absolute atomic E-state index is 12.3. The van der Waals surface area contributed by atoms with Gasteiger partial charge in [0.1, 0.15) is 15.7 Å². The summed E-state index contributed by atoms with van der Waals surface area (Å²) in [7, 11) is -1.83. The van der Waals surface area contributed by atoms with Gasteiger partial charge in [0, 0.05) is 13.0 Å². The Morgan fingerprint density at radius 3 is 2.75 bits per heavy atom. The highest BCUT2D eigenvalue weighted by Gasteiger charge is 2.36. The van der Waals surface area contributed by atoms with Crippen molar-refractivity contribution in [1.29, 1.82) is 0 Å². The van der Waals surface area contributed by atoms with Crippen LogP contribution >= 0.6 is 11.3 Å². The van der Waals surface area contributed by atoms with Gasteiger partial charge in [0.15, 0.2) is 0 Å². The normalized spacial score (nSPS) is 22.4. The molecule has 1 aliphatic rings. The van der Waals surface area contributed by atoms with E-state index in [-0.39, 0.29) is 6.54 Å². The second-order valence-electron chi connectivity index (χ2n) is 5.32. The Labute approximate surface area is 123 Å². The van der Waals surface area contributed by atoms with Crippen LogP contribution in [0.5, 0.6) is 0 Å². The van der Waals surface area contributed by atoms with Gasteiger partial charge in [-0.2, -0.15) is 4.31 Å². The molecule has 0 saturated heterocycles. The van der Waals surface area contributed by atoms with Crippen LogP contribution in [0, 0.1) is 5.92 Å². The zero-order valence-corrected chi connectivity index (χ0v) is 13.1. The molecule has 6 heteroatoms. The molecule has 0 bridgehead atoms. The van der Waals surface area contributed by atoms with Gasteiger partial charge in [0.25, 0.3) is 10.0 Å². The molecule has 2 heterocycles. The van der Waals surface area contributed by atoms with Gasteiger partial charge in [0.2, 0.25) is 0 Å². The molecule has 3 rings (SSSR count). The number of hydrogen-bond donors (Lipinski definition) is 0. The Bertz CT molecular complexity index is 688. The lowest BCUT2D eigenvalue weighted by atomic mass is 10.3. The van der Waals surface area contributed by atoms with E-state index in [0.717, 1.165) is 12.2 Å². The van der Waals surface area contributed by atoms with Crippen LogP contribution in [-0.2, 0) is 16.6 Å². The van der Waals surface area contributed by atoms with E-state index in [1.54, 1.807) is 24.6 Å². The van der Waals surface area contributed by atoms with Gasteiger partial charge in [-0.05, 0) is 35.9 Å². The average molecular weight is 311 g/mol. The first-order chi connectivity index (χ1) is 9.48. The van der Waals surface area contributed by atoms with E-state index in [0.29, 0.717) is 21.8 Å². The molecule has 0 N–H and O–H groups in total. The molecule has 0 aliphatic heterocycles. The molecule has 0 radical (unpaired) electrons. The lowest BCUT2D eigenvalue weighted by Crippen LogP contribution is -2.25. The highest BCUT2D eigenvalue weighted by molar-refractivity contribution is 7.91. The first-order valence-electron chi connectivity index (χ1n) is 6.57. The zero-order valence-electron chi connectivity index (χ0n) is 11.4. The first-order valence-corrected chi connectivity index (χ1v) is 8.89. The van der Waals surface area contributed by atoms with E-state index in [2.05, 4.69) is 6.92 Å². The summed E-state index contributed by atoms with van der Waals surface area (Å²) in [6.45, 7) is 2.46. The SMILES string of the molecule is C[C@@H]1C[C@H]1c1ccc(CN(C)S(=O)(=O)c2cccs2)o1. The van der Waals surface area contributed by atoms with Gasteiger partial charge >= 0.3 is 0 Å². The maximum Gasteiger partial charge on any atom is 0.252 e. The largest absolute Gasteiger partial charge is 0.464 e. The van der Waals surface area contributed by atoms with Crippen LogP contribution < -0.4 is 0 Å². The van der Waals surface area contributed by atoms with E-state index in [9.17, 15) is 8.42 Å². The summed E-state index contributed by atoms with van der Waals surface area (Å²) in [5, 5.41) is 1.76. The summed E-state index contributed by atoms with van der Waals surface area (Å²) in [4.78, 5) is 0. The van der Waals surface area contributed by atoms with Crippen molar-refractivity contribution in [2.75, 3.05) is 7.05 Å². The summed E-state index contributed by atoms with van der Waals surface area (Å²) in [6.07, 6.45) is 1.16. The van der Waals surface area contributed by atoms with Crippen LogP contribution in [0.3, 0.4) is 0 Å². The zero-order chi connectivity index (χ0) is 14.3. The molecule has 1 fully saturated rings. The van der Waals surface area contributed by atoms with Crippen LogP contribution in [0.15, 0.2) is 38.3 Å². The summed E-state index contributed by atoms with van der Waals surface area (Å²) < 4.78 is 32.0. The van der Waals surface area contributed by atoms with Crippen molar-refractivity contribution in [3.63, 3.8) is 0 Å². The van der Waals surface area contributed by atoms with Crippen molar-refractivity contribution in [2.45, 2.75) is 30.0 Å². The van der Waals surface area contributed by atoms with Crippen molar-refractivity contribution in [1.82, 2.24) is 4.31 Å². The Morgan fingerprint density at radius 2 is 2.15 bits per heavy atom. The fourth-order valence-corrected chi connectivity index (χ4v) is 4.60. The van der Waals surface area contributed by atoms with Crippen LogP contribution in [0.1, 0.15) is 30.8 Å². The van der Waals surface area contributed by atoms with Crippen molar-refractivity contribution < 1.29 is 12.8 Å². The standard InChI is InChI=1S/C14H17NO3S2/c1-10-8-12(10)13-6-5-11(18-13)9-15(2)20(16,17)14-4-3-7-19-14/h3-7,10,12H,8-9H2,1-2H3/t10-,12-/m1/s1. The van der Waals surface area contributed by atoms with Crippen LogP contribution in [-0.4, -0.2) is 19.8 Å². The minimum absolute atomic E-state index is 0.265. The number of rotatable bonds is 5. The fraction of sp³-hybridized carbons (Fsp3) is 0.429. The molecule has 0 amide bonds. The molecule has 1 aliphatic carbocycles. The molecule has 1 saturated carbocycles. The van der Waals surface area contributed by atoms with E-state index in [1.807, 2.05) is 12.1 Å². The molecule has 20 heavy (non-hydrogen) atoms. The number of sulfonamides is 1. The highest BCUT2D eigenvalue weighted by atomic mass is 32.2. The van der Waals surface area contributed by atoms with Gasteiger partial charge < -0.3 is 4.42 Å².